The molecule has 0 unspecified atom stereocenters. The van der Waals surface area contributed by atoms with Crippen molar-refractivity contribution < 1.29 is 19.4 Å². The van der Waals surface area contributed by atoms with Crippen LogP contribution in [0.2, 0.25) is 5.02 Å². The van der Waals surface area contributed by atoms with E-state index in [-0.39, 0.29) is 17.4 Å². The molecule has 3 aliphatic rings. The van der Waals surface area contributed by atoms with Crippen molar-refractivity contribution in [3.8, 4) is 0 Å². The van der Waals surface area contributed by atoms with Crippen molar-refractivity contribution >= 4 is 29.4 Å². The summed E-state index contributed by atoms with van der Waals surface area (Å²) in [4.78, 5) is 30.5. The molecule has 0 saturated carbocycles. The van der Waals surface area contributed by atoms with Gasteiger partial charge < -0.3 is 19.6 Å². The lowest BCUT2D eigenvalue weighted by Gasteiger charge is -2.39. The lowest BCUT2D eigenvalue weighted by molar-refractivity contribution is -0.142. The molecule has 1 aromatic rings. The zero-order valence-electron chi connectivity index (χ0n) is 20.7. The van der Waals surface area contributed by atoms with Gasteiger partial charge in [-0.1, -0.05) is 17.7 Å². The fourth-order valence-corrected chi connectivity index (χ4v) is 5.80. The lowest BCUT2D eigenvalue weighted by atomic mass is 9.78. The number of benzene rings is 1. The van der Waals surface area contributed by atoms with E-state index >= 15 is 0 Å². The van der Waals surface area contributed by atoms with Crippen molar-refractivity contribution in [2.45, 2.75) is 65.0 Å². The first-order valence-electron chi connectivity index (χ1n) is 12.5. The van der Waals surface area contributed by atoms with E-state index in [0.717, 1.165) is 70.8 Å². The third-order valence-electron chi connectivity index (χ3n) is 7.62. The third-order valence-corrected chi connectivity index (χ3v) is 7.85. The van der Waals surface area contributed by atoms with E-state index in [2.05, 4.69) is 15.9 Å². The lowest BCUT2D eigenvalue weighted by Crippen LogP contribution is -2.46. The standard InChI is InChI=1S/C26H38ClN3O4/c1-25(2,3)34-24(33)30-14-9-26(10-15-30)8-13-28(18-26)17-20-4-5-21(27)16-22(20)29-11-6-19(7-12-29)23(31)32/h4-5,16,19H,6-15,17-18H2,1-3H3,(H,31,32). The Morgan fingerprint density at radius 3 is 2.35 bits per heavy atom. The molecule has 1 amide bonds. The molecule has 1 aromatic carbocycles. The highest BCUT2D eigenvalue weighted by Gasteiger charge is 2.42. The highest BCUT2D eigenvalue weighted by Crippen LogP contribution is 2.42. The van der Waals surface area contributed by atoms with Crippen molar-refractivity contribution in [3.05, 3.63) is 28.8 Å². The Morgan fingerprint density at radius 2 is 1.74 bits per heavy atom. The van der Waals surface area contributed by atoms with E-state index in [4.69, 9.17) is 16.3 Å². The molecule has 7 nitrogen and oxygen atoms in total. The Labute approximate surface area is 208 Å². The van der Waals surface area contributed by atoms with Crippen molar-refractivity contribution in [2.24, 2.45) is 11.3 Å². The number of halogens is 1. The fourth-order valence-electron chi connectivity index (χ4n) is 5.63. The minimum absolute atomic E-state index is 0.199. The van der Waals surface area contributed by atoms with E-state index in [1.54, 1.807) is 0 Å². The number of rotatable bonds is 4. The number of carbonyl (C=O) groups excluding carboxylic acids is 1. The molecule has 34 heavy (non-hydrogen) atoms. The number of carbonyl (C=O) groups is 2. The molecule has 1 N–H and O–H groups in total. The molecule has 188 valence electrons. The maximum atomic E-state index is 12.4. The second-order valence-electron chi connectivity index (χ2n) is 11.3. The molecular formula is C26H38ClN3O4. The van der Waals surface area contributed by atoms with E-state index in [0.29, 0.717) is 17.9 Å². The molecule has 4 rings (SSSR count). The first-order valence-corrected chi connectivity index (χ1v) is 12.9. The Balaban J connectivity index is 1.35. The molecule has 3 aliphatic heterocycles. The van der Waals surface area contributed by atoms with Gasteiger partial charge in [0.05, 0.1) is 5.92 Å². The van der Waals surface area contributed by atoms with Gasteiger partial charge in [0.1, 0.15) is 5.60 Å². The van der Waals surface area contributed by atoms with Gasteiger partial charge in [0.25, 0.3) is 0 Å². The van der Waals surface area contributed by atoms with E-state index < -0.39 is 11.6 Å². The number of anilines is 1. The number of carboxylic acid groups (broad SMARTS) is 1. The summed E-state index contributed by atoms with van der Waals surface area (Å²) in [5.41, 5.74) is 2.19. The Hall–Kier alpha value is -1.99. The number of aliphatic carboxylic acids is 1. The third kappa shape index (κ3) is 5.98. The van der Waals surface area contributed by atoms with Gasteiger partial charge in [0, 0.05) is 50.0 Å². The average molecular weight is 492 g/mol. The number of amides is 1. The summed E-state index contributed by atoms with van der Waals surface area (Å²) >= 11 is 6.35. The molecule has 0 bridgehead atoms. The molecule has 3 saturated heterocycles. The summed E-state index contributed by atoms with van der Waals surface area (Å²) in [6.45, 7) is 11.7. The number of hydrogen-bond acceptors (Lipinski definition) is 5. The number of ether oxygens (including phenoxy) is 1. The second kappa shape index (κ2) is 9.94. The minimum Gasteiger partial charge on any atom is -0.481 e. The van der Waals surface area contributed by atoms with Crippen LogP contribution in [0.3, 0.4) is 0 Å². The molecule has 0 radical (unpaired) electrons. The van der Waals surface area contributed by atoms with Crippen molar-refractivity contribution in [3.63, 3.8) is 0 Å². The predicted molar refractivity (Wildman–Crippen MR) is 133 cm³/mol. The summed E-state index contributed by atoms with van der Waals surface area (Å²) in [5.74, 6) is -0.935. The van der Waals surface area contributed by atoms with Crippen LogP contribution in [0.15, 0.2) is 18.2 Å². The Kier molecular flexibility index (Phi) is 7.34. The second-order valence-corrected chi connectivity index (χ2v) is 11.7. The van der Waals surface area contributed by atoms with Gasteiger partial charge in [-0.2, -0.15) is 0 Å². The maximum absolute atomic E-state index is 12.4. The summed E-state index contributed by atoms with van der Waals surface area (Å²) in [7, 11) is 0. The normalized spacial score (nSPS) is 21.8. The van der Waals surface area contributed by atoms with Gasteiger partial charge >= 0.3 is 12.1 Å². The van der Waals surface area contributed by atoms with Crippen LogP contribution >= 0.6 is 11.6 Å². The molecule has 0 atom stereocenters. The maximum Gasteiger partial charge on any atom is 0.410 e. The molecule has 1 spiro atoms. The highest BCUT2D eigenvalue weighted by atomic mass is 35.5. The summed E-state index contributed by atoms with van der Waals surface area (Å²) in [6.07, 6.45) is 4.32. The molecule has 0 aliphatic carbocycles. The van der Waals surface area contributed by atoms with E-state index in [1.165, 1.54) is 5.56 Å². The van der Waals surface area contributed by atoms with E-state index in [1.807, 2.05) is 37.8 Å². The van der Waals surface area contributed by atoms with Crippen molar-refractivity contribution in [1.29, 1.82) is 0 Å². The number of hydrogen-bond donors (Lipinski definition) is 1. The predicted octanol–water partition coefficient (Wildman–Crippen LogP) is 4.86. The number of carboxylic acids is 1. The molecule has 8 heteroatoms. The van der Waals surface area contributed by atoms with E-state index in [9.17, 15) is 14.7 Å². The molecule has 0 aromatic heterocycles. The number of piperidine rings is 2. The Morgan fingerprint density at radius 1 is 1.09 bits per heavy atom. The van der Waals surface area contributed by atoms with Gasteiger partial charge in [-0.15, -0.1) is 0 Å². The molecular weight excluding hydrogens is 454 g/mol. The smallest absolute Gasteiger partial charge is 0.410 e. The van der Waals surface area contributed by atoms with Gasteiger partial charge in [-0.05, 0) is 82.5 Å². The zero-order chi connectivity index (χ0) is 24.5. The largest absolute Gasteiger partial charge is 0.481 e. The van der Waals surface area contributed by atoms with Gasteiger partial charge in [0.2, 0.25) is 0 Å². The summed E-state index contributed by atoms with van der Waals surface area (Å²) in [6, 6.07) is 6.11. The van der Waals surface area contributed by atoms with Crippen LogP contribution in [0.5, 0.6) is 0 Å². The van der Waals surface area contributed by atoms with Gasteiger partial charge in [-0.3, -0.25) is 9.69 Å². The first kappa shape index (κ1) is 25.1. The topological polar surface area (TPSA) is 73.3 Å². The zero-order valence-corrected chi connectivity index (χ0v) is 21.4. The van der Waals surface area contributed by atoms with Crippen LogP contribution in [0.4, 0.5) is 10.5 Å². The van der Waals surface area contributed by atoms with Crippen LogP contribution in [0.25, 0.3) is 0 Å². The SMILES string of the molecule is CC(C)(C)OC(=O)N1CCC2(CCN(Cc3ccc(Cl)cc3N3CCC(C(=O)O)CC3)C2)CC1. The number of nitrogens with zero attached hydrogens (tertiary/aromatic N) is 3. The fraction of sp³-hybridized carbons (Fsp3) is 0.692. The van der Waals surface area contributed by atoms with Crippen LogP contribution in [-0.2, 0) is 16.1 Å². The average Bonchev–Trinajstić information content (AvgIpc) is 3.16. The summed E-state index contributed by atoms with van der Waals surface area (Å²) < 4.78 is 5.56. The van der Waals surface area contributed by atoms with Gasteiger partial charge in [0.15, 0.2) is 0 Å². The van der Waals surface area contributed by atoms with Crippen LogP contribution in [-0.4, -0.2) is 71.8 Å². The van der Waals surface area contributed by atoms with Crippen LogP contribution in [0, 0.1) is 11.3 Å². The van der Waals surface area contributed by atoms with Gasteiger partial charge in [-0.25, -0.2) is 4.79 Å². The first-order chi connectivity index (χ1) is 16.0. The Bertz CT molecular complexity index is 900. The van der Waals surface area contributed by atoms with Crippen LogP contribution < -0.4 is 4.90 Å². The molecule has 3 heterocycles. The highest BCUT2D eigenvalue weighted by molar-refractivity contribution is 6.30. The minimum atomic E-state index is -0.689. The van der Waals surface area contributed by atoms with Crippen molar-refractivity contribution in [1.82, 2.24) is 9.80 Å². The monoisotopic (exact) mass is 491 g/mol. The van der Waals surface area contributed by atoms with Crippen LogP contribution in [0.1, 0.15) is 58.4 Å². The molecule has 3 fully saturated rings. The summed E-state index contributed by atoms with van der Waals surface area (Å²) in [5, 5.41) is 10.0. The number of likely N-dealkylation sites (tertiary alicyclic amines) is 2. The quantitative estimate of drug-likeness (QED) is 0.648. The van der Waals surface area contributed by atoms with Crippen molar-refractivity contribution in [2.75, 3.05) is 44.2 Å².